The summed E-state index contributed by atoms with van der Waals surface area (Å²) in [4.78, 5) is 11.7. The lowest BCUT2D eigenvalue weighted by Crippen LogP contribution is -2.16. The third kappa shape index (κ3) is 5.25. The maximum Gasteiger partial charge on any atom is 0.339 e. The van der Waals surface area contributed by atoms with Crippen molar-refractivity contribution in [1.29, 1.82) is 0 Å². The van der Waals surface area contributed by atoms with Gasteiger partial charge in [0.15, 0.2) is 0 Å². The van der Waals surface area contributed by atoms with E-state index in [-0.39, 0.29) is 28.0 Å². The van der Waals surface area contributed by atoms with E-state index in [0.717, 1.165) is 12.8 Å². The van der Waals surface area contributed by atoms with Crippen molar-refractivity contribution in [3.63, 3.8) is 0 Å². The summed E-state index contributed by atoms with van der Waals surface area (Å²) >= 11 is 9.08. The number of hydrogen-bond acceptors (Lipinski definition) is 4. The molecule has 5 nitrogen and oxygen atoms in total. The van der Waals surface area contributed by atoms with Crippen LogP contribution in [0.15, 0.2) is 21.5 Å². The largest absolute Gasteiger partial charge is 0.462 e. The summed E-state index contributed by atoms with van der Waals surface area (Å²) < 4.78 is 28.5. The molecule has 0 saturated carbocycles. The predicted octanol–water partition coefficient (Wildman–Crippen LogP) is 3.34. The van der Waals surface area contributed by atoms with Crippen LogP contribution in [0.3, 0.4) is 0 Å². The van der Waals surface area contributed by atoms with Crippen LogP contribution in [-0.4, -0.2) is 21.0 Å². The van der Waals surface area contributed by atoms with Crippen molar-refractivity contribution in [3.8, 4) is 0 Å². The second-order valence-electron chi connectivity index (χ2n) is 4.80. The monoisotopic (exact) mass is 397 g/mol. The number of ether oxygens (including phenoxy) is 1. The molecular weight excluding hydrogens is 382 g/mol. The number of primary sulfonamides is 1. The van der Waals surface area contributed by atoms with E-state index >= 15 is 0 Å². The molecule has 0 fully saturated rings. The predicted molar refractivity (Wildman–Crippen MR) is 84.9 cm³/mol. The highest BCUT2D eigenvalue weighted by atomic mass is 79.9. The Balaban J connectivity index is 3.03. The first-order valence-corrected chi connectivity index (χ1v) is 9.07. The van der Waals surface area contributed by atoms with E-state index in [9.17, 15) is 13.2 Å². The van der Waals surface area contributed by atoms with Crippen LogP contribution >= 0.6 is 27.5 Å². The van der Waals surface area contributed by atoms with Gasteiger partial charge in [0.1, 0.15) is 4.90 Å². The molecule has 0 bridgehead atoms. The van der Waals surface area contributed by atoms with Gasteiger partial charge in [0.05, 0.1) is 17.2 Å². The molecule has 0 aromatic heterocycles. The minimum absolute atomic E-state index is 0.0289. The molecule has 0 radical (unpaired) electrons. The van der Waals surface area contributed by atoms with Crippen LogP contribution in [0.1, 0.15) is 37.0 Å². The average molecular weight is 399 g/mol. The number of hydrogen-bond donors (Lipinski definition) is 1. The fourth-order valence-corrected chi connectivity index (χ4v) is 3.56. The minimum Gasteiger partial charge on any atom is -0.462 e. The van der Waals surface area contributed by atoms with Crippen LogP contribution in [0.5, 0.6) is 0 Å². The van der Waals surface area contributed by atoms with Gasteiger partial charge in [-0.3, -0.25) is 0 Å². The van der Waals surface area contributed by atoms with Gasteiger partial charge in [-0.25, -0.2) is 18.4 Å². The maximum absolute atomic E-state index is 12.0. The maximum atomic E-state index is 12.0. The third-order valence-corrected chi connectivity index (χ3v) is 4.72. The standard InChI is InChI=1S/C13H17BrClNO4S/c1-3-4-8(2)7-20-13(17)10-5-9(14)6-11(12(10)15)21(16,18)19/h5-6,8H,3-4,7H2,1-2H3,(H2,16,18,19). The van der Waals surface area contributed by atoms with Gasteiger partial charge in [-0.2, -0.15) is 0 Å². The number of rotatable bonds is 6. The number of nitrogens with two attached hydrogens (primary N) is 1. The quantitative estimate of drug-likeness (QED) is 0.745. The van der Waals surface area contributed by atoms with Crippen molar-refractivity contribution in [2.24, 2.45) is 11.1 Å². The van der Waals surface area contributed by atoms with Crippen LogP contribution in [-0.2, 0) is 14.8 Å². The van der Waals surface area contributed by atoms with E-state index in [1.165, 1.54) is 12.1 Å². The number of carbonyl (C=O) groups is 1. The van der Waals surface area contributed by atoms with E-state index in [1.807, 2.05) is 13.8 Å². The number of carbonyl (C=O) groups excluding carboxylic acids is 1. The Labute approximate surface area is 138 Å². The van der Waals surface area contributed by atoms with Gasteiger partial charge in [0.2, 0.25) is 10.0 Å². The molecule has 0 aliphatic carbocycles. The van der Waals surface area contributed by atoms with E-state index in [1.54, 1.807) is 0 Å². The molecule has 0 spiro atoms. The van der Waals surface area contributed by atoms with Crippen LogP contribution in [0, 0.1) is 5.92 Å². The second-order valence-corrected chi connectivity index (χ2v) is 7.63. The van der Waals surface area contributed by atoms with Gasteiger partial charge in [-0.1, -0.05) is 47.8 Å². The lowest BCUT2D eigenvalue weighted by molar-refractivity contribution is 0.0443. The van der Waals surface area contributed by atoms with Gasteiger partial charge in [-0.05, 0) is 24.5 Å². The van der Waals surface area contributed by atoms with Crippen molar-refractivity contribution >= 4 is 43.5 Å². The summed E-state index contributed by atoms with van der Waals surface area (Å²) in [5.41, 5.74) is -0.0289. The Bertz CT molecular complexity index is 633. The molecule has 0 aliphatic rings. The van der Waals surface area contributed by atoms with E-state index in [2.05, 4.69) is 15.9 Å². The SMILES string of the molecule is CCCC(C)COC(=O)c1cc(Br)cc(S(N)(=O)=O)c1Cl. The zero-order valence-electron chi connectivity index (χ0n) is 11.7. The van der Waals surface area contributed by atoms with Gasteiger partial charge in [0, 0.05) is 4.47 Å². The van der Waals surface area contributed by atoms with E-state index in [0.29, 0.717) is 4.47 Å². The molecule has 2 N–H and O–H groups in total. The van der Waals surface area contributed by atoms with Crippen molar-refractivity contribution in [1.82, 2.24) is 0 Å². The Hall–Kier alpha value is -0.630. The zero-order valence-corrected chi connectivity index (χ0v) is 14.9. The first-order valence-electron chi connectivity index (χ1n) is 6.35. The normalized spacial score (nSPS) is 13.0. The Morgan fingerprint density at radius 3 is 2.62 bits per heavy atom. The van der Waals surface area contributed by atoms with Crippen molar-refractivity contribution in [2.75, 3.05) is 6.61 Å². The van der Waals surface area contributed by atoms with Gasteiger partial charge >= 0.3 is 5.97 Å². The molecule has 1 atom stereocenters. The summed E-state index contributed by atoms with van der Waals surface area (Å²) in [6.45, 7) is 4.26. The Morgan fingerprint density at radius 1 is 1.48 bits per heavy atom. The van der Waals surface area contributed by atoms with Crippen LogP contribution in [0.2, 0.25) is 5.02 Å². The number of esters is 1. The topological polar surface area (TPSA) is 86.5 Å². The van der Waals surface area contributed by atoms with Gasteiger partial charge < -0.3 is 4.74 Å². The summed E-state index contributed by atoms with van der Waals surface area (Å²) in [6, 6.07) is 2.65. The Morgan fingerprint density at radius 2 is 2.10 bits per heavy atom. The fraction of sp³-hybridized carbons (Fsp3) is 0.462. The number of benzene rings is 1. The summed E-state index contributed by atoms with van der Waals surface area (Å²) in [6.07, 6.45) is 1.92. The van der Waals surface area contributed by atoms with Gasteiger partial charge in [0.25, 0.3) is 0 Å². The first-order chi connectivity index (χ1) is 9.66. The Kier molecular flexibility index (Phi) is 6.65. The van der Waals surface area contributed by atoms with E-state index in [4.69, 9.17) is 21.5 Å². The lowest BCUT2D eigenvalue weighted by Gasteiger charge is -2.13. The van der Waals surface area contributed by atoms with Crippen LogP contribution < -0.4 is 5.14 Å². The molecule has 0 heterocycles. The van der Waals surface area contributed by atoms with E-state index < -0.39 is 16.0 Å². The highest BCUT2D eigenvalue weighted by Gasteiger charge is 2.22. The van der Waals surface area contributed by atoms with Crippen molar-refractivity contribution in [2.45, 2.75) is 31.6 Å². The molecule has 0 amide bonds. The fourth-order valence-electron chi connectivity index (χ4n) is 1.79. The number of sulfonamides is 1. The molecule has 1 aromatic carbocycles. The summed E-state index contributed by atoms with van der Waals surface area (Å²) in [7, 11) is -4.02. The highest BCUT2D eigenvalue weighted by molar-refractivity contribution is 9.10. The minimum atomic E-state index is -4.02. The van der Waals surface area contributed by atoms with Crippen molar-refractivity contribution < 1.29 is 17.9 Å². The zero-order chi connectivity index (χ0) is 16.2. The van der Waals surface area contributed by atoms with Crippen LogP contribution in [0.25, 0.3) is 0 Å². The molecule has 0 aliphatic heterocycles. The average Bonchev–Trinajstić information content (AvgIpc) is 2.37. The molecule has 21 heavy (non-hydrogen) atoms. The molecular formula is C13H17BrClNO4S. The first kappa shape index (κ1) is 18.4. The van der Waals surface area contributed by atoms with Crippen LogP contribution in [0.4, 0.5) is 0 Å². The lowest BCUT2D eigenvalue weighted by atomic mass is 10.1. The molecule has 1 aromatic rings. The molecule has 0 saturated heterocycles. The molecule has 1 unspecified atom stereocenters. The number of halogens is 2. The summed E-state index contributed by atoms with van der Waals surface area (Å²) in [5, 5.41) is 4.84. The smallest absolute Gasteiger partial charge is 0.339 e. The third-order valence-electron chi connectivity index (χ3n) is 2.81. The van der Waals surface area contributed by atoms with Gasteiger partial charge in [-0.15, -0.1) is 0 Å². The molecule has 118 valence electrons. The highest BCUT2D eigenvalue weighted by Crippen LogP contribution is 2.29. The molecule has 1 rings (SSSR count). The summed E-state index contributed by atoms with van der Waals surface area (Å²) in [5.74, 6) is -0.447. The molecule has 8 heteroatoms. The van der Waals surface area contributed by atoms with Crippen molar-refractivity contribution in [3.05, 3.63) is 27.2 Å². The second kappa shape index (κ2) is 7.58.